The molecule has 0 aliphatic carbocycles. The van der Waals surface area contributed by atoms with E-state index in [1.54, 1.807) is 0 Å². The SMILES string of the molecule is O=P([O-])([O-])[O-].O=[As]([O-])([O-])[O-].[Ca+2].[Ca+2].[Ca+2]. The quantitative estimate of drug-likeness (QED) is 0.305. The summed E-state index contributed by atoms with van der Waals surface area (Å²) in [5, 5.41) is 0. The molecule has 0 fully saturated rings. The standard InChI is InChI=1S/AsH3O4.3Ca.H3O4P/c2-1(3,4)5;;;;1-5(2,3)4/h(H3,2,3,4,5);;;;(H3,1,2,3,4)/q;3*+2;/p-6. The van der Waals surface area contributed by atoms with Gasteiger partial charge in [0.15, 0.2) is 0 Å². The van der Waals surface area contributed by atoms with Crippen LogP contribution in [0, 0.1) is 0 Å². The van der Waals surface area contributed by atoms with Gasteiger partial charge in [-0.2, -0.15) is 7.82 Å². The van der Waals surface area contributed by atoms with E-state index in [0.717, 1.165) is 0 Å². The molecule has 13 heavy (non-hydrogen) atoms. The number of rotatable bonds is 0. The van der Waals surface area contributed by atoms with Crippen molar-refractivity contribution in [2.45, 2.75) is 0 Å². The second-order valence-corrected chi connectivity index (χ2v) is 3.67. The molecule has 0 amide bonds. The van der Waals surface area contributed by atoms with Gasteiger partial charge in [-0.25, -0.2) is 0 Å². The molecule has 0 aromatic carbocycles. The molecule has 0 atom stereocenters. The minimum absolute atomic E-state index is 0. The van der Waals surface area contributed by atoms with Crippen LogP contribution in [0.5, 0.6) is 0 Å². The Morgan fingerprint density at radius 1 is 0.846 bits per heavy atom. The Bertz CT molecular complexity index is 132. The molecular weight excluding hydrogens is 354 g/mol. The third-order valence-electron chi connectivity index (χ3n) is 0. The van der Waals surface area contributed by atoms with Crippen molar-refractivity contribution in [3.05, 3.63) is 0 Å². The van der Waals surface area contributed by atoms with Crippen LogP contribution >= 0.6 is 7.82 Å². The second-order valence-electron chi connectivity index (χ2n) is 0.894. The Hall–Kier alpha value is 4.13. The van der Waals surface area contributed by atoms with E-state index < -0.39 is 22.3 Å². The van der Waals surface area contributed by atoms with Crippen LogP contribution in [-0.2, 0) is 8.30 Å². The first-order valence-electron chi connectivity index (χ1n) is 1.46. The van der Waals surface area contributed by atoms with Crippen LogP contribution in [0.25, 0.3) is 0 Å². The summed E-state index contributed by atoms with van der Waals surface area (Å²) in [6.45, 7) is 0. The zero-order valence-corrected chi connectivity index (χ0v) is 15.7. The number of phosphoric acid groups is 1. The first kappa shape index (κ1) is 30.3. The second kappa shape index (κ2) is 14.2. The molecular formula is AsCa3O8P. The van der Waals surface area contributed by atoms with Gasteiger partial charge in [0.25, 0.3) is 0 Å². The summed E-state index contributed by atoms with van der Waals surface area (Å²) in [6, 6.07) is 0. The van der Waals surface area contributed by atoms with Crippen LogP contribution < -0.4 is 27.0 Å². The van der Waals surface area contributed by atoms with Crippen LogP contribution in [0.1, 0.15) is 0 Å². The Kier molecular flexibility index (Phi) is 33.1. The van der Waals surface area contributed by atoms with Crippen molar-refractivity contribution in [1.29, 1.82) is 0 Å². The summed E-state index contributed by atoms with van der Waals surface area (Å²) in [7, 11) is -5.39. The van der Waals surface area contributed by atoms with Crippen molar-refractivity contribution in [2.24, 2.45) is 0 Å². The van der Waals surface area contributed by atoms with Crippen molar-refractivity contribution in [1.82, 2.24) is 0 Å². The fourth-order valence-corrected chi connectivity index (χ4v) is 0. The van der Waals surface area contributed by atoms with Gasteiger partial charge in [-0.1, -0.05) is 0 Å². The van der Waals surface area contributed by atoms with Gasteiger partial charge in [0, 0.05) is 0 Å². The average Bonchev–Trinajstić information content (AvgIpc) is 1.12. The first-order valence-corrected chi connectivity index (χ1v) is 5.99. The Balaban J connectivity index is -0.0000000267. The van der Waals surface area contributed by atoms with E-state index in [2.05, 4.69) is 0 Å². The summed E-state index contributed by atoms with van der Waals surface area (Å²) in [6.07, 6.45) is 0. The van der Waals surface area contributed by atoms with Crippen molar-refractivity contribution >= 4 is 136 Å². The van der Waals surface area contributed by atoms with Crippen LogP contribution in [0.2, 0.25) is 0 Å². The molecule has 0 saturated carbocycles. The smallest absolute Gasteiger partial charge is 2.00 e. The van der Waals surface area contributed by atoms with Gasteiger partial charge in [-0.05, 0) is 0 Å². The van der Waals surface area contributed by atoms with Crippen LogP contribution in [-0.4, -0.2) is 128 Å². The maximum Gasteiger partial charge on any atom is 2.00 e. The summed E-state index contributed by atoms with van der Waals surface area (Å²) in [5.74, 6) is 0. The summed E-state index contributed by atoms with van der Waals surface area (Å²) in [4.78, 5) is 25.6. The van der Waals surface area contributed by atoms with Gasteiger partial charge in [0.2, 0.25) is 0 Å². The van der Waals surface area contributed by atoms with Gasteiger partial charge >= 0.3 is 144 Å². The molecule has 0 spiro atoms. The van der Waals surface area contributed by atoms with Crippen LogP contribution in [0.3, 0.4) is 0 Å². The van der Waals surface area contributed by atoms with Gasteiger partial charge in [-0.3, -0.25) is 0 Å². The molecule has 0 saturated heterocycles. The molecule has 0 aromatic rings. The van der Waals surface area contributed by atoms with E-state index in [1.165, 1.54) is 0 Å². The molecule has 13 heteroatoms. The minimum atomic E-state index is -5.88. The summed E-state index contributed by atoms with van der Waals surface area (Å²) >= 11 is -5.88. The molecule has 64 valence electrons. The van der Waals surface area contributed by atoms with Gasteiger partial charge in [0.05, 0.1) is 0 Å². The van der Waals surface area contributed by atoms with Gasteiger partial charge in [-0.15, -0.1) is 0 Å². The van der Waals surface area contributed by atoms with E-state index in [-0.39, 0.29) is 113 Å². The first-order chi connectivity index (χ1) is 4.00. The molecule has 0 rings (SSSR count). The van der Waals surface area contributed by atoms with Gasteiger partial charge in [0.1, 0.15) is 0 Å². The maximum absolute atomic E-state index is 8.61. The number of hydrogen-bond acceptors (Lipinski definition) is 8. The molecule has 0 unspecified atom stereocenters. The largest absolute Gasteiger partial charge is 2.00 e. The van der Waals surface area contributed by atoms with Crippen molar-refractivity contribution in [3.63, 3.8) is 0 Å². The van der Waals surface area contributed by atoms with Crippen LogP contribution in [0.15, 0.2) is 0 Å². The molecule has 0 heterocycles. The van der Waals surface area contributed by atoms with E-state index in [1.807, 2.05) is 0 Å². The van der Waals surface area contributed by atoms with Crippen LogP contribution in [0.4, 0.5) is 0 Å². The Labute approximate surface area is 167 Å². The molecule has 0 N–H and O–H groups in total. The van der Waals surface area contributed by atoms with Crippen molar-refractivity contribution < 1.29 is 35.3 Å². The Morgan fingerprint density at radius 3 is 0.846 bits per heavy atom. The third-order valence-corrected chi connectivity index (χ3v) is 0. The van der Waals surface area contributed by atoms with E-state index in [4.69, 9.17) is 35.3 Å². The predicted molar refractivity (Wildman–Crippen MR) is 31.3 cm³/mol. The number of hydrogen-bond donors (Lipinski definition) is 0. The normalized spacial score (nSPS) is 9.08. The van der Waals surface area contributed by atoms with E-state index in [9.17, 15) is 0 Å². The average molecular weight is 354 g/mol. The topological polar surface area (TPSA) is 172 Å². The molecule has 0 bridgehead atoms. The maximum atomic E-state index is 8.61. The van der Waals surface area contributed by atoms with Crippen molar-refractivity contribution in [2.75, 3.05) is 0 Å². The fraction of sp³-hybridized carbons (Fsp3) is 0. The molecule has 8 nitrogen and oxygen atoms in total. The zero-order chi connectivity index (χ0) is 9.00. The van der Waals surface area contributed by atoms with E-state index in [0.29, 0.717) is 0 Å². The van der Waals surface area contributed by atoms with Crippen molar-refractivity contribution in [3.8, 4) is 0 Å². The zero-order valence-electron chi connectivity index (χ0n) is 6.28. The minimum Gasteiger partial charge on any atom is 2.00 e. The molecule has 0 aliphatic heterocycles. The Morgan fingerprint density at radius 2 is 0.846 bits per heavy atom. The monoisotopic (exact) mass is 354 g/mol. The van der Waals surface area contributed by atoms with E-state index >= 15 is 0 Å². The summed E-state index contributed by atoms with van der Waals surface area (Å²) in [5.41, 5.74) is 0. The fourth-order valence-electron chi connectivity index (χ4n) is 0. The van der Waals surface area contributed by atoms with Gasteiger partial charge < -0.3 is 19.2 Å². The third kappa shape index (κ3) is 189. The molecule has 0 radical (unpaired) electrons. The molecule has 0 aromatic heterocycles. The predicted octanol–water partition coefficient (Wildman–Crippen LogP) is -8.03. The summed E-state index contributed by atoms with van der Waals surface area (Å²) < 4.78 is 43.0. The molecule has 0 aliphatic rings.